The molecule has 1 unspecified atom stereocenters. The topological polar surface area (TPSA) is 17.1 Å². The zero-order valence-electron chi connectivity index (χ0n) is 12.1. The second-order valence-electron chi connectivity index (χ2n) is 4.74. The van der Waals surface area contributed by atoms with E-state index in [0.717, 1.165) is 11.1 Å². The van der Waals surface area contributed by atoms with Gasteiger partial charge in [-0.1, -0.05) is 43.0 Å². The van der Waals surface area contributed by atoms with Crippen molar-refractivity contribution in [2.45, 2.75) is 44.7 Å². The molecule has 0 amide bonds. The Morgan fingerprint density at radius 3 is 2.61 bits per heavy atom. The molecule has 1 nitrogen and oxygen atoms in total. The standard InChI is InChI=1S/C14H18ClOP.Li.H/c1-10-6-5-9-12(15)13(10)14(16)17-11-7-3-2-4-8-11;;/h5-6,9,11,17H,2-4,7-8H2,1H3;;/q;+1;-1. The van der Waals surface area contributed by atoms with Crippen LogP contribution in [0.5, 0.6) is 0 Å². The van der Waals surface area contributed by atoms with Gasteiger partial charge in [0.05, 0.1) is 5.02 Å². The Morgan fingerprint density at radius 1 is 1.33 bits per heavy atom. The third kappa shape index (κ3) is 4.11. The normalized spacial score (nSPS) is 16.8. The number of aryl methyl sites for hydroxylation is 1. The summed E-state index contributed by atoms with van der Waals surface area (Å²) >= 11 is 6.13. The molecule has 0 aromatic heterocycles. The van der Waals surface area contributed by atoms with Crippen LogP contribution >= 0.6 is 20.2 Å². The Balaban J connectivity index is 0.00000162. The summed E-state index contributed by atoms with van der Waals surface area (Å²) in [4.78, 5) is 12.3. The van der Waals surface area contributed by atoms with E-state index in [1.165, 1.54) is 32.1 Å². The molecular weight excluding hydrogens is 258 g/mol. The quantitative estimate of drug-likeness (QED) is 0.609. The maximum atomic E-state index is 12.3. The van der Waals surface area contributed by atoms with E-state index in [4.69, 9.17) is 11.6 Å². The SMILES string of the molecule is Cc1cccc(Cl)c1C(=O)PC1CCCCC1.[H-].[Li+]. The minimum absolute atomic E-state index is 0. The largest absolute Gasteiger partial charge is 1.00 e. The molecule has 1 atom stereocenters. The molecule has 1 aliphatic rings. The number of benzene rings is 1. The van der Waals surface area contributed by atoms with Crippen molar-refractivity contribution in [1.29, 1.82) is 0 Å². The second kappa shape index (κ2) is 7.71. The molecule has 0 bridgehead atoms. The summed E-state index contributed by atoms with van der Waals surface area (Å²) < 4.78 is 0. The van der Waals surface area contributed by atoms with Gasteiger partial charge >= 0.3 is 18.9 Å². The molecule has 0 saturated heterocycles. The first-order chi connectivity index (χ1) is 8.18. The molecular formula is C14H19ClLiOP. The van der Waals surface area contributed by atoms with Crippen LogP contribution in [-0.4, -0.2) is 11.2 Å². The first-order valence-corrected chi connectivity index (χ1v) is 7.70. The van der Waals surface area contributed by atoms with Crippen LogP contribution in [0.4, 0.5) is 0 Å². The minimum atomic E-state index is 0. The molecule has 0 aliphatic heterocycles. The zero-order chi connectivity index (χ0) is 12.3. The van der Waals surface area contributed by atoms with Gasteiger partial charge in [-0.3, -0.25) is 4.79 Å². The van der Waals surface area contributed by atoms with E-state index in [9.17, 15) is 4.79 Å². The van der Waals surface area contributed by atoms with Crippen LogP contribution in [0.15, 0.2) is 18.2 Å². The Bertz CT molecular complexity index is 402. The summed E-state index contributed by atoms with van der Waals surface area (Å²) in [5, 5.41) is 0.610. The molecule has 18 heavy (non-hydrogen) atoms. The van der Waals surface area contributed by atoms with Gasteiger partial charge in [0.25, 0.3) is 0 Å². The summed E-state index contributed by atoms with van der Waals surface area (Å²) in [6, 6.07) is 5.68. The van der Waals surface area contributed by atoms with E-state index in [0.29, 0.717) is 19.3 Å². The number of hydrogen-bond donors (Lipinski definition) is 0. The van der Waals surface area contributed by atoms with Crippen LogP contribution in [0.1, 0.15) is 49.5 Å². The molecule has 94 valence electrons. The fraction of sp³-hybridized carbons (Fsp3) is 0.500. The van der Waals surface area contributed by atoms with Crippen molar-refractivity contribution in [3.05, 3.63) is 34.3 Å². The number of rotatable bonds is 3. The maximum absolute atomic E-state index is 12.3. The van der Waals surface area contributed by atoms with Crippen molar-refractivity contribution < 1.29 is 25.1 Å². The molecule has 0 spiro atoms. The van der Waals surface area contributed by atoms with E-state index in [2.05, 4.69) is 0 Å². The molecule has 1 fully saturated rings. The third-order valence-electron chi connectivity index (χ3n) is 3.39. The third-order valence-corrected chi connectivity index (χ3v) is 5.20. The average molecular weight is 277 g/mol. The molecule has 4 heteroatoms. The number of halogens is 1. The van der Waals surface area contributed by atoms with Crippen LogP contribution in [-0.2, 0) is 0 Å². The van der Waals surface area contributed by atoms with Crippen molar-refractivity contribution in [3.8, 4) is 0 Å². The van der Waals surface area contributed by atoms with Gasteiger partial charge in [0.1, 0.15) is 0 Å². The molecule has 1 aromatic rings. The van der Waals surface area contributed by atoms with Crippen LogP contribution < -0.4 is 18.9 Å². The first-order valence-electron chi connectivity index (χ1n) is 6.24. The number of carbonyl (C=O) groups excluding carboxylic acids is 1. The van der Waals surface area contributed by atoms with Crippen LogP contribution in [0.2, 0.25) is 5.02 Å². The van der Waals surface area contributed by atoms with E-state index in [1.807, 2.05) is 25.1 Å². The number of carbonyl (C=O) groups is 1. The maximum Gasteiger partial charge on any atom is 1.00 e. The predicted octanol–water partition coefficient (Wildman–Crippen LogP) is 1.92. The molecule has 0 radical (unpaired) electrons. The summed E-state index contributed by atoms with van der Waals surface area (Å²) in [7, 11) is 0.402. The Hall–Kier alpha value is 0.207. The summed E-state index contributed by atoms with van der Waals surface area (Å²) in [6.45, 7) is 1.96. The van der Waals surface area contributed by atoms with Gasteiger partial charge in [-0.2, -0.15) is 0 Å². The molecule has 1 saturated carbocycles. The summed E-state index contributed by atoms with van der Waals surface area (Å²) in [6.07, 6.45) is 6.33. The molecule has 0 N–H and O–H groups in total. The van der Waals surface area contributed by atoms with Gasteiger partial charge in [0, 0.05) is 5.56 Å². The first kappa shape index (κ1) is 16.3. The van der Waals surface area contributed by atoms with Crippen molar-refractivity contribution >= 4 is 25.7 Å². The van der Waals surface area contributed by atoms with E-state index in [-0.39, 0.29) is 25.8 Å². The average Bonchev–Trinajstić information content (AvgIpc) is 2.30. The van der Waals surface area contributed by atoms with Gasteiger partial charge in [-0.15, -0.1) is 0 Å². The fourth-order valence-electron chi connectivity index (χ4n) is 2.42. The monoisotopic (exact) mass is 276 g/mol. The van der Waals surface area contributed by atoms with Gasteiger partial charge in [-0.05, 0) is 45.6 Å². The Labute approximate surface area is 130 Å². The Kier molecular flexibility index (Phi) is 6.97. The molecule has 2 rings (SSSR count). The van der Waals surface area contributed by atoms with E-state index < -0.39 is 0 Å². The van der Waals surface area contributed by atoms with Crippen LogP contribution in [0, 0.1) is 6.92 Å². The summed E-state index contributed by atoms with van der Waals surface area (Å²) in [5.74, 6) is 0. The van der Waals surface area contributed by atoms with Crippen LogP contribution in [0.25, 0.3) is 0 Å². The Morgan fingerprint density at radius 2 is 2.00 bits per heavy atom. The van der Waals surface area contributed by atoms with Gasteiger partial charge in [-0.25, -0.2) is 0 Å². The van der Waals surface area contributed by atoms with Crippen LogP contribution in [0.3, 0.4) is 0 Å². The molecule has 0 heterocycles. The smallest absolute Gasteiger partial charge is 1.00 e. The van der Waals surface area contributed by atoms with Crippen molar-refractivity contribution in [1.82, 2.24) is 0 Å². The number of hydrogen-bond acceptors (Lipinski definition) is 1. The zero-order valence-corrected chi connectivity index (χ0v) is 12.9. The van der Waals surface area contributed by atoms with Gasteiger partial charge < -0.3 is 1.43 Å². The minimum Gasteiger partial charge on any atom is -1.00 e. The van der Waals surface area contributed by atoms with E-state index in [1.54, 1.807) is 0 Å². The van der Waals surface area contributed by atoms with E-state index >= 15 is 0 Å². The predicted molar refractivity (Wildman–Crippen MR) is 76.8 cm³/mol. The van der Waals surface area contributed by atoms with Crippen molar-refractivity contribution in [2.75, 3.05) is 0 Å². The molecule has 1 aliphatic carbocycles. The van der Waals surface area contributed by atoms with Crippen molar-refractivity contribution in [2.24, 2.45) is 0 Å². The van der Waals surface area contributed by atoms with Gasteiger partial charge in [0.2, 0.25) is 0 Å². The summed E-state index contributed by atoms with van der Waals surface area (Å²) in [5.41, 5.74) is 2.61. The van der Waals surface area contributed by atoms with Crippen molar-refractivity contribution in [3.63, 3.8) is 0 Å². The fourth-order valence-corrected chi connectivity index (χ4v) is 4.35. The van der Waals surface area contributed by atoms with Gasteiger partial charge in [0.15, 0.2) is 5.52 Å². The second-order valence-corrected chi connectivity index (χ2v) is 6.71. The molecule has 1 aromatic carbocycles.